The minimum absolute atomic E-state index is 0.0865. The van der Waals surface area contributed by atoms with Gasteiger partial charge in [0.05, 0.1) is 10.8 Å². The Hall–Kier alpha value is -1.93. The van der Waals surface area contributed by atoms with Crippen molar-refractivity contribution in [3.8, 4) is 0 Å². The van der Waals surface area contributed by atoms with Crippen molar-refractivity contribution in [3.63, 3.8) is 0 Å². The molecule has 0 saturated carbocycles. The van der Waals surface area contributed by atoms with Gasteiger partial charge in [-0.25, -0.2) is 8.42 Å². The maximum Gasteiger partial charge on any atom is 0.243 e. The minimum Gasteiger partial charge on any atom is -0.342 e. The fourth-order valence-electron chi connectivity index (χ4n) is 3.62. The molecule has 2 amide bonds. The highest BCUT2D eigenvalue weighted by molar-refractivity contribution is 7.89. The number of benzene rings is 1. The molecule has 2 aliphatic rings. The van der Waals surface area contributed by atoms with Gasteiger partial charge < -0.3 is 10.2 Å². The van der Waals surface area contributed by atoms with Crippen LogP contribution in [0.15, 0.2) is 29.2 Å². The van der Waals surface area contributed by atoms with Crippen molar-refractivity contribution in [1.29, 1.82) is 0 Å². The summed E-state index contributed by atoms with van der Waals surface area (Å²) in [6.07, 6.45) is 3.48. The maximum absolute atomic E-state index is 12.9. The topological polar surface area (TPSA) is 86.8 Å². The lowest BCUT2D eigenvalue weighted by molar-refractivity contribution is -0.135. The lowest BCUT2D eigenvalue weighted by Crippen LogP contribution is -2.46. The van der Waals surface area contributed by atoms with Gasteiger partial charge in [0.25, 0.3) is 0 Å². The van der Waals surface area contributed by atoms with E-state index >= 15 is 0 Å². The van der Waals surface area contributed by atoms with Crippen LogP contribution in [0.5, 0.6) is 0 Å². The standard InChI is InChI=1S/C18H25N3O4S/c1-14(22)19-16-6-8-17(9-7-16)26(24,25)21-12-4-5-15(13-21)18(23)20-10-2-3-11-20/h6-9,15H,2-5,10-13H2,1H3,(H,19,22)/t15-/m1/s1. The first-order valence-corrected chi connectivity index (χ1v) is 10.5. The Bertz CT molecular complexity index is 770. The molecule has 0 aromatic heterocycles. The molecule has 3 rings (SSSR count). The number of carbonyl (C=O) groups is 2. The van der Waals surface area contributed by atoms with Crippen LogP contribution in [-0.4, -0.2) is 55.6 Å². The lowest BCUT2D eigenvalue weighted by atomic mass is 9.98. The average Bonchev–Trinajstić information content (AvgIpc) is 3.16. The van der Waals surface area contributed by atoms with E-state index in [-0.39, 0.29) is 29.2 Å². The quantitative estimate of drug-likeness (QED) is 0.862. The number of amides is 2. The van der Waals surface area contributed by atoms with Crippen molar-refractivity contribution in [2.24, 2.45) is 5.92 Å². The smallest absolute Gasteiger partial charge is 0.243 e. The van der Waals surface area contributed by atoms with Crippen molar-refractivity contribution in [3.05, 3.63) is 24.3 Å². The Balaban J connectivity index is 1.71. The normalized spacial score (nSPS) is 21.6. The zero-order chi connectivity index (χ0) is 18.7. The summed E-state index contributed by atoms with van der Waals surface area (Å²) >= 11 is 0. The number of rotatable bonds is 4. The fraction of sp³-hybridized carbons (Fsp3) is 0.556. The van der Waals surface area contributed by atoms with Gasteiger partial charge in [-0.1, -0.05) is 0 Å². The Kier molecular flexibility index (Phi) is 5.62. The number of likely N-dealkylation sites (tertiary alicyclic amines) is 1. The zero-order valence-electron chi connectivity index (χ0n) is 15.0. The van der Waals surface area contributed by atoms with Gasteiger partial charge in [-0.2, -0.15) is 4.31 Å². The molecule has 7 nitrogen and oxygen atoms in total. The van der Waals surface area contributed by atoms with Crippen LogP contribution < -0.4 is 5.32 Å². The first kappa shape index (κ1) is 18.8. The van der Waals surface area contributed by atoms with Gasteiger partial charge in [0.2, 0.25) is 21.8 Å². The van der Waals surface area contributed by atoms with Gasteiger partial charge in [-0.05, 0) is 49.9 Å². The van der Waals surface area contributed by atoms with E-state index in [1.807, 2.05) is 4.90 Å². The molecule has 1 aromatic carbocycles. The van der Waals surface area contributed by atoms with Gasteiger partial charge in [0.15, 0.2) is 0 Å². The third-order valence-corrected chi connectivity index (χ3v) is 6.84. The summed E-state index contributed by atoms with van der Waals surface area (Å²) in [6.45, 7) is 3.64. The number of anilines is 1. The first-order valence-electron chi connectivity index (χ1n) is 9.04. The number of piperidine rings is 1. The van der Waals surface area contributed by atoms with E-state index in [1.165, 1.54) is 23.4 Å². The predicted molar refractivity (Wildman–Crippen MR) is 98.0 cm³/mol. The van der Waals surface area contributed by atoms with Gasteiger partial charge in [0, 0.05) is 38.8 Å². The van der Waals surface area contributed by atoms with Crippen LogP contribution in [0.25, 0.3) is 0 Å². The molecule has 2 heterocycles. The van der Waals surface area contributed by atoms with Gasteiger partial charge in [0.1, 0.15) is 0 Å². The Morgan fingerprint density at radius 1 is 1.04 bits per heavy atom. The van der Waals surface area contributed by atoms with Crippen molar-refractivity contribution in [2.75, 3.05) is 31.5 Å². The number of hydrogen-bond acceptors (Lipinski definition) is 4. The molecule has 0 aliphatic carbocycles. The summed E-state index contributed by atoms with van der Waals surface area (Å²) in [6, 6.07) is 6.13. The molecule has 1 aromatic rings. The van der Waals surface area contributed by atoms with E-state index in [9.17, 15) is 18.0 Å². The number of hydrogen-bond donors (Lipinski definition) is 1. The molecule has 0 radical (unpaired) electrons. The fourth-order valence-corrected chi connectivity index (χ4v) is 5.14. The number of carbonyl (C=O) groups excluding carboxylic acids is 2. The highest BCUT2D eigenvalue weighted by atomic mass is 32.2. The van der Waals surface area contributed by atoms with Gasteiger partial charge >= 0.3 is 0 Å². The molecule has 0 unspecified atom stereocenters. The third-order valence-electron chi connectivity index (χ3n) is 4.96. The van der Waals surface area contributed by atoms with E-state index in [4.69, 9.17) is 0 Å². The summed E-state index contributed by atoms with van der Waals surface area (Å²) in [7, 11) is -3.65. The van der Waals surface area contributed by atoms with Crippen LogP contribution in [-0.2, 0) is 19.6 Å². The van der Waals surface area contributed by atoms with Crippen LogP contribution in [0.3, 0.4) is 0 Å². The van der Waals surface area contributed by atoms with Crippen LogP contribution >= 0.6 is 0 Å². The molecule has 0 bridgehead atoms. The van der Waals surface area contributed by atoms with Gasteiger partial charge in [-0.15, -0.1) is 0 Å². The molecular weight excluding hydrogens is 354 g/mol. The predicted octanol–water partition coefficient (Wildman–Crippen LogP) is 1.67. The molecule has 2 fully saturated rings. The van der Waals surface area contributed by atoms with E-state index in [2.05, 4.69) is 5.32 Å². The van der Waals surface area contributed by atoms with Crippen LogP contribution in [0, 0.1) is 5.92 Å². The summed E-state index contributed by atoms with van der Waals surface area (Å²) in [5.41, 5.74) is 0.553. The zero-order valence-corrected chi connectivity index (χ0v) is 15.8. The molecule has 2 saturated heterocycles. The molecule has 8 heteroatoms. The van der Waals surface area contributed by atoms with Crippen molar-refractivity contribution < 1.29 is 18.0 Å². The Morgan fingerprint density at radius 3 is 2.31 bits per heavy atom. The lowest BCUT2D eigenvalue weighted by Gasteiger charge is -2.33. The second-order valence-corrected chi connectivity index (χ2v) is 8.88. The summed E-state index contributed by atoms with van der Waals surface area (Å²) in [5, 5.41) is 2.62. The number of nitrogens with zero attached hydrogens (tertiary/aromatic N) is 2. The Morgan fingerprint density at radius 2 is 1.69 bits per heavy atom. The highest BCUT2D eigenvalue weighted by Crippen LogP contribution is 2.26. The number of nitrogens with one attached hydrogen (secondary N) is 1. The minimum atomic E-state index is -3.65. The average molecular weight is 379 g/mol. The van der Waals surface area contributed by atoms with E-state index in [1.54, 1.807) is 12.1 Å². The van der Waals surface area contributed by atoms with E-state index in [0.29, 0.717) is 18.7 Å². The molecule has 142 valence electrons. The number of sulfonamides is 1. The maximum atomic E-state index is 12.9. The van der Waals surface area contributed by atoms with Crippen molar-refractivity contribution in [1.82, 2.24) is 9.21 Å². The molecule has 26 heavy (non-hydrogen) atoms. The van der Waals surface area contributed by atoms with Crippen molar-refractivity contribution in [2.45, 2.75) is 37.5 Å². The summed E-state index contributed by atoms with van der Waals surface area (Å²) in [4.78, 5) is 25.7. The monoisotopic (exact) mass is 379 g/mol. The van der Waals surface area contributed by atoms with E-state index in [0.717, 1.165) is 32.4 Å². The summed E-state index contributed by atoms with van der Waals surface area (Å²) < 4.78 is 27.3. The SMILES string of the molecule is CC(=O)Nc1ccc(S(=O)(=O)N2CCC[C@@H](C(=O)N3CCCC3)C2)cc1. The van der Waals surface area contributed by atoms with Crippen molar-refractivity contribution >= 4 is 27.5 Å². The van der Waals surface area contributed by atoms with Crippen LogP contribution in [0.1, 0.15) is 32.6 Å². The van der Waals surface area contributed by atoms with Crippen LogP contribution in [0.2, 0.25) is 0 Å². The highest BCUT2D eigenvalue weighted by Gasteiger charge is 2.35. The second-order valence-electron chi connectivity index (χ2n) is 6.94. The molecule has 2 aliphatic heterocycles. The first-order chi connectivity index (χ1) is 12.4. The van der Waals surface area contributed by atoms with Crippen LogP contribution in [0.4, 0.5) is 5.69 Å². The van der Waals surface area contributed by atoms with Gasteiger partial charge in [-0.3, -0.25) is 9.59 Å². The second kappa shape index (κ2) is 7.75. The van der Waals surface area contributed by atoms with E-state index < -0.39 is 10.0 Å². The molecule has 1 N–H and O–H groups in total. The molecule has 0 spiro atoms. The third kappa shape index (κ3) is 4.07. The Labute approximate surface area is 154 Å². The largest absolute Gasteiger partial charge is 0.342 e. The molecule has 1 atom stereocenters. The molecular formula is C18H25N3O4S. The summed E-state index contributed by atoms with van der Waals surface area (Å²) in [5.74, 6) is -0.376.